The third-order valence-electron chi connectivity index (χ3n) is 4.62. The highest BCUT2D eigenvalue weighted by atomic mass is 19.1. The number of alkyl halides is 1. The van der Waals surface area contributed by atoms with Crippen molar-refractivity contribution in [3.8, 4) is 11.1 Å². The molecule has 1 aliphatic heterocycles. The van der Waals surface area contributed by atoms with Crippen LogP contribution >= 0.6 is 0 Å². The molecule has 0 spiro atoms. The average molecular weight is 353 g/mol. The molecule has 132 valence electrons. The molecule has 5 rings (SSSR count). The number of rotatable bonds is 4. The van der Waals surface area contributed by atoms with Crippen molar-refractivity contribution in [2.75, 3.05) is 25.1 Å². The highest BCUT2D eigenvalue weighted by Gasteiger charge is 2.38. The molecular weight excluding hydrogens is 337 g/mol. The molecule has 0 amide bonds. The Balaban J connectivity index is 1.47. The van der Waals surface area contributed by atoms with Gasteiger partial charge < -0.3 is 10.1 Å². The SMILES string of the molecule is Cn1nnc2ccc(-c3ccn4nc(NCC5(F)COC5)ncc34)cc21. The lowest BCUT2D eigenvalue weighted by molar-refractivity contribution is -0.121. The van der Waals surface area contributed by atoms with Gasteiger partial charge in [0, 0.05) is 18.8 Å². The molecule has 0 bridgehead atoms. The summed E-state index contributed by atoms with van der Waals surface area (Å²) < 4.78 is 22.4. The van der Waals surface area contributed by atoms with Crippen molar-refractivity contribution in [2.45, 2.75) is 5.67 Å². The molecule has 0 atom stereocenters. The number of nitrogens with one attached hydrogen (secondary N) is 1. The van der Waals surface area contributed by atoms with Crippen molar-refractivity contribution in [1.82, 2.24) is 29.6 Å². The molecule has 8 nitrogen and oxygen atoms in total. The monoisotopic (exact) mass is 353 g/mol. The first-order valence-corrected chi connectivity index (χ1v) is 8.26. The van der Waals surface area contributed by atoms with Gasteiger partial charge in [0.25, 0.3) is 0 Å². The molecule has 1 fully saturated rings. The first-order valence-electron chi connectivity index (χ1n) is 8.26. The zero-order valence-electron chi connectivity index (χ0n) is 14.1. The quantitative estimate of drug-likeness (QED) is 0.603. The maximum Gasteiger partial charge on any atom is 0.241 e. The number of anilines is 1. The number of nitrogens with zero attached hydrogens (tertiary/aromatic N) is 6. The number of aryl methyl sites for hydroxylation is 1. The number of hydrogen-bond donors (Lipinski definition) is 1. The Morgan fingerprint density at radius 3 is 2.96 bits per heavy atom. The maximum absolute atomic E-state index is 14.0. The number of hydrogen-bond acceptors (Lipinski definition) is 6. The van der Waals surface area contributed by atoms with E-state index in [0.717, 1.165) is 27.7 Å². The molecular formula is C17H16FN7O. The van der Waals surface area contributed by atoms with Gasteiger partial charge in [0.05, 0.1) is 37.0 Å². The molecule has 1 aromatic carbocycles. The van der Waals surface area contributed by atoms with E-state index in [1.165, 1.54) is 0 Å². The largest absolute Gasteiger partial charge is 0.374 e. The van der Waals surface area contributed by atoms with Gasteiger partial charge in [0.15, 0.2) is 5.67 Å². The van der Waals surface area contributed by atoms with E-state index in [2.05, 4.69) is 25.7 Å². The van der Waals surface area contributed by atoms with Crippen LogP contribution < -0.4 is 5.32 Å². The molecule has 9 heteroatoms. The van der Waals surface area contributed by atoms with E-state index in [0.29, 0.717) is 5.95 Å². The summed E-state index contributed by atoms with van der Waals surface area (Å²) in [5.74, 6) is 0.384. The number of benzene rings is 1. The fourth-order valence-corrected chi connectivity index (χ4v) is 3.09. The highest BCUT2D eigenvalue weighted by Crippen LogP contribution is 2.28. The molecule has 0 aliphatic carbocycles. The Kier molecular flexibility index (Phi) is 3.20. The van der Waals surface area contributed by atoms with E-state index in [1.54, 1.807) is 15.4 Å². The summed E-state index contributed by atoms with van der Waals surface area (Å²) in [4.78, 5) is 4.32. The maximum atomic E-state index is 14.0. The fourth-order valence-electron chi connectivity index (χ4n) is 3.09. The summed E-state index contributed by atoms with van der Waals surface area (Å²) >= 11 is 0. The van der Waals surface area contributed by atoms with Gasteiger partial charge >= 0.3 is 0 Å². The van der Waals surface area contributed by atoms with Gasteiger partial charge in [-0.2, -0.15) is 0 Å². The van der Waals surface area contributed by atoms with Gasteiger partial charge in [0.1, 0.15) is 5.52 Å². The zero-order valence-corrected chi connectivity index (χ0v) is 14.1. The average Bonchev–Trinajstić information content (AvgIpc) is 3.21. The lowest BCUT2D eigenvalue weighted by Crippen LogP contribution is -2.50. The standard InChI is InChI=1S/C17H16FN7O/c1-24-14-6-11(2-3-13(14)21-23-24)12-4-5-25-15(12)7-19-16(22-25)20-8-17(18)9-26-10-17/h2-7H,8-10H2,1H3,(H,20,22). The molecule has 26 heavy (non-hydrogen) atoms. The van der Waals surface area contributed by atoms with Crippen molar-refractivity contribution in [3.05, 3.63) is 36.7 Å². The van der Waals surface area contributed by atoms with Crippen LogP contribution in [0.15, 0.2) is 36.7 Å². The molecule has 0 saturated carbocycles. The minimum atomic E-state index is -1.33. The van der Waals surface area contributed by atoms with Crippen LogP contribution in [0, 0.1) is 0 Å². The van der Waals surface area contributed by atoms with Crippen molar-refractivity contribution < 1.29 is 9.13 Å². The summed E-state index contributed by atoms with van der Waals surface area (Å²) in [5.41, 5.74) is 3.39. The predicted molar refractivity (Wildman–Crippen MR) is 93.6 cm³/mol. The van der Waals surface area contributed by atoms with E-state index in [1.807, 2.05) is 37.5 Å². The van der Waals surface area contributed by atoms with E-state index < -0.39 is 5.67 Å². The second-order valence-corrected chi connectivity index (χ2v) is 6.55. The predicted octanol–water partition coefficient (Wildman–Crippen LogP) is 1.83. The van der Waals surface area contributed by atoms with Crippen LogP contribution in [-0.2, 0) is 11.8 Å². The number of aromatic nitrogens is 6. The topological polar surface area (TPSA) is 82.2 Å². The summed E-state index contributed by atoms with van der Waals surface area (Å²) in [6, 6.07) is 7.97. The van der Waals surface area contributed by atoms with Crippen LogP contribution in [0.4, 0.5) is 10.3 Å². The number of ether oxygens (including phenoxy) is 1. The molecule has 1 aliphatic rings. The van der Waals surface area contributed by atoms with Crippen molar-refractivity contribution in [1.29, 1.82) is 0 Å². The van der Waals surface area contributed by atoms with Gasteiger partial charge in [0.2, 0.25) is 5.95 Å². The van der Waals surface area contributed by atoms with Gasteiger partial charge in [-0.3, -0.25) is 0 Å². The molecule has 3 aromatic heterocycles. The smallest absolute Gasteiger partial charge is 0.241 e. The van der Waals surface area contributed by atoms with E-state index in [-0.39, 0.29) is 19.8 Å². The van der Waals surface area contributed by atoms with Gasteiger partial charge in [-0.25, -0.2) is 18.6 Å². The molecule has 4 aromatic rings. The third-order valence-corrected chi connectivity index (χ3v) is 4.62. The molecule has 1 saturated heterocycles. The van der Waals surface area contributed by atoms with Crippen LogP contribution in [0.25, 0.3) is 27.7 Å². The van der Waals surface area contributed by atoms with E-state index >= 15 is 0 Å². The van der Waals surface area contributed by atoms with Crippen LogP contribution in [0.1, 0.15) is 0 Å². The molecule has 4 heterocycles. The van der Waals surface area contributed by atoms with E-state index in [9.17, 15) is 4.39 Å². The highest BCUT2D eigenvalue weighted by molar-refractivity contribution is 5.87. The summed E-state index contributed by atoms with van der Waals surface area (Å²) in [5, 5.41) is 15.5. The van der Waals surface area contributed by atoms with Gasteiger partial charge in [-0.15, -0.1) is 10.2 Å². The molecule has 0 unspecified atom stereocenters. The fraction of sp³-hybridized carbons (Fsp3) is 0.294. The summed E-state index contributed by atoms with van der Waals surface area (Å²) in [7, 11) is 1.86. The van der Waals surface area contributed by atoms with Gasteiger partial charge in [-0.1, -0.05) is 11.3 Å². The molecule has 1 N–H and O–H groups in total. The first kappa shape index (κ1) is 15.2. The van der Waals surface area contributed by atoms with Crippen LogP contribution in [0.2, 0.25) is 0 Å². The van der Waals surface area contributed by atoms with Crippen molar-refractivity contribution in [3.63, 3.8) is 0 Å². The molecule has 0 radical (unpaired) electrons. The van der Waals surface area contributed by atoms with Crippen molar-refractivity contribution in [2.24, 2.45) is 7.05 Å². The lowest BCUT2D eigenvalue weighted by Gasteiger charge is -2.33. The van der Waals surface area contributed by atoms with Crippen LogP contribution in [0.5, 0.6) is 0 Å². The second-order valence-electron chi connectivity index (χ2n) is 6.55. The lowest BCUT2D eigenvalue weighted by atomic mass is 10.1. The third kappa shape index (κ3) is 2.39. The normalized spacial score (nSPS) is 16.1. The zero-order chi connectivity index (χ0) is 17.7. The Morgan fingerprint density at radius 1 is 1.27 bits per heavy atom. The van der Waals surface area contributed by atoms with Gasteiger partial charge in [-0.05, 0) is 23.8 Å². The number of halogens is 1. The number of fused-ring (bicyclic) bond motifs is 2. The van der Waals surface area contributed by atoms with Crippen LogP contribution in [0.3, 0.4) is 0 Å². The summed E-state index contributed by atoms with van der Waals surface area (Å²) in [6.07, 6.45) is 3.60. The summed E-state index contributed by atoms with van der Waals surface area (Å²) in [6.45, 7) is 0.360. The Labute approximate surface area is 147 Å². The Morgan fingerprint density at radius 2 is 2.15 bits per heavy atom. The van der Waals surface area contributed by atoms with E-state index in [4.69, 9.17) is 4.74 Å². The minimum Gasteiger partial charge on any atom is -0.374 e. The first-order chi connectivity index (χ1) is 12.6. The Hall–Kier alpha value is -3.07. The van der Waals surface area contributed by atoms with Crippen LogP contribution in [-0.4, -0.2) is 55.0 Å². The minimum absolute atomic E-state index is 0.112. The van der Waals surface area contributed by atoms with Crippen molar-refractivity contribution >= 4 is 22.5 Å². The second kappa shape index (κ2) is 5.46. The Bertz CT molecular complexity index is 1110.